The number of rotatable bonds is 1. The lowest BCUT2D eigenvalue weighted by atomic mass is 9.94. The molecule has 64 valence electrons. The van der Waals surface area contributed by atoms with Gasteiger partial charge in [-0.15, -0.1) is 0 Å². The Morgan fingerprint density at radius 3 is 2.00 bits per heavy atom. The standard InChI is InChI=1S/C8H14O3/c1-7(2)10-5-8(3,4-9)6-11-7/h4H,5-6H2,1-3H3. The summed E-state index contributed by atoms with van der Waals surface area (Å²) in [7, 11) is 0. The molecular formula is C8H14O3. The third kappa shape index (κ3) is 2.01. The Labute approximate surface area is 66.7 Å². The van der Waals surface area contributed by atoms with Crippen molar-refractivity contribution >= 4 is 6.29 Å². The molecule has 0 aromatic heterocycles. The van der Waals surface area contributed by atoms with Crippen LogP contribution in [0, 0.1) is 5.41 Å². The molecule has 0 N–H and O–H groups in total. The third-order valence-electron chi connectivity index (χ3n) is 1.78. The molecule has 3 nitrogen and oxygen atoms in total. The summed E-state index contributed by atoms with van der Waals surface area (Å²) in [4.78, 5) is 10.5. The van der Waals surface area contributed by atoms with Crippen molar-refractivity contribution in [2.24, 2.45) is 5.41 Å². The maximum Gasteiger partial charge on any atom is 0.162 e. The van der Waals surface area contributed by atoms with Crippen LogP contribution in [0.5, 0.6) is 0 Å². The molecule has 1 aliphatic heterocycles. The van der Waals surface area contributed by atoms with E-state index in [2.05, 4.69) is 0 Å². The van der Waals surface area contributed by atoms with Crippen LogP contribution in [0.1, 0.15) is 20.8 Å². The summed E-state index contributed by atoms with van der Waals surface area (Å²) >= 11 is 0. The van der Waals surface area contributed by atoms with Gasteiger partial charge < -0.3 is 14.3 Å². The van der Waals surface area contributed by atoms with E-state index >= 15 is 0 Å². The topological polar surface area (TPSA) is 35.5 Å². The molecule has 1 aliphatic rings. The molecule has 0 bridgehead atoms. The summed E-state index contributed by atoms with van der Waals surface area (Å²) in [5.74, 6) is -0.525. The molecule has 0 aromatic rings. The van der Waals surface area contributed by atoms with Crippen LogP contribution in [-0.4, -0.2) is 25.3 Å². The van der Waals surface area contributed by atoms with Crippen molar-refractivity contribution in [1.29, 1.82) is 0 Å². The maximum absolute atomic E-state index is 10.5. The molecule has 0 unspecified atom stereocenters. The van der Waals surface area contributed by atoms with Crippen molar-refractivity contribution in [1.82, 2.24) is 0 Å². The van der Waals surface area contributed by atoms with Crippen LogP contribution < -0.4 is 0 Å². The SMILES string of the molecule is CC1(C=O)COC(C)(C)OC1. The summed E-state index contributed by atoms with van der Waals surface area (Å²) in [5, 5.41) is 0. The zero-order valence-electron chi connectivity index (χ0n) is 7.22. The van der Waals surface area contributed by atoms with E-state index in [1.54, 1.807) is 0 Å². The van der Waals surface area contributed by atoms with Crippen LogP contribution in [-0.2, 0) is 14.3 Å². The highest BCUT2D eigenvalue weighted by Crippen LogP contribution is 2.27. The van der Waals surface area contributed by atoms with Gasteiger partial charge in [-0.1, -0.05) is 0 Å². The Hall–Kier alpha value is -0.410. The van der Waals surface area contributed by atoms with E-state index in [0.717, 1.165) is 6.29 Å². The number of carbonyl (C=O) groups excluding carboxylic acids is 1. The second-order valence-corrected chi connectivity index (χ2v) is 3.75. The number of hydrogen-bond acceptors (Lipinski definition) is 3. The molecule has 0 saturated carbocycles. The lowest BCUT2D eigenvalue weighted by Gasteiger charge is -2.38. The zero-order chi connectivity index (χ0) is 8.54. The van der Waals surface area contributed by atoms with Gasteiger partial charge in [-0.2, -0.15) is 0 Å². The molecule has 0 spiro atoms. The fourth-order valence-corrected chi connectivity index (χ4v) is 0.829. The van der Waals surface area contributed by atoms with Crippen molar-refractivity contribution in [3.05, 3.63) is 0 Å². The van der Waals surface area contributed by atoms with E-state index in [0.29, 0.717) is 13.2 Å². The van der Waals surface area contributed by atoms with Gasteiger partial charge in [0.15, 0.2) is 5.79 Å². The lowest BCUT2D eigenvalue weighted by molar-refractivity contribution is -0.274. The van der Waals surface area contributed by atoms with Gasteiger partial charge in [0, 0.05) is 0 Å². The van der Waals surface area contributed by atoms with Gasteiger partial charge in [-0.25, -0.2) is 0 Å². The first-order chi connectivity index (χ1) is 4.97. The highest BCUT2D eigenvalue weighted by atomic mass is 16.7. The maximum atomic E-state index is 10.5. The molecule has 0 atom stereocenters. The van der Waals surface area contributed by atoms with E-state index in [1.165, 1.54) is 0 Å². The second-order valence-electron chi connectivity index (χ2n) is 3.75. The number of ether oxygens (including phenoxy) is 2. The van der Waals surface area contributed by atoms with Gasteiger partial charge in [0.25, 0.3) is 0 Å². The van der Waals surface area contributed by atoms with Crippen LogP contribution in [0.25, 0.3) is 0 Å². The fourth-order valence-electron chi connectivity index (χ4n) is 0.829. The Morgan fingerprint density at radius 2 is 1.64 bits per heavy atom. The van der Waals surface area contributed by atoms with E-state index in [1.807, 2.05) is 20.8 Å². The van der Waals surface area contributed by atoms with Crippen molar-refractivity contribution in [2.75, 3.05) is 13.2 Å². The van der Waals surface area contributed by atoms with Crippen LogP contribution in [0.3, 0.4) is 0 Å². The number of carbonyl (C=O) groups is 1. The number of aldehydes is 1. The molecule has 0 aliphatic carbocycles. The first-order valence-corrected chi connectivity index (χ1v) is 3.72. The quantitative estimate of drug-likeness (QED) is 0.533. The fraction of sp³-hybridized carbons (Fsp3) is 0.875. The van der Waals surface area contributed by atoms with E-state index in [9.17, 15) is 4.79 Å². The highest BCUT2D eigenvalue weighted by molar-refractivity contribution is 5.59. The van der Waals surface area contributed by atoms with Crippen molar-refractivity contribution in [3.63, 3.8) is 0 Å². The Balaban J connectivity index is 2.54. The molecule has 0 radical (unpaired) electrons. The summed E-state index contributed by atoms with van der Waals surface area (Å²) in [5.41, 5.74) is -0.449. The summed E-state index contributed by atoms with van der Waals surface area (Å²) in [6.45, 7) is 6.41. The monoisotopic (exact) mass is 158 g/mol. The Bertz CT molecular complexity index is 153. The van der Waals surface area contributed by atoms with Crippen LogP contribution in [0.4, 0.5) is 0 Å². The minimum Gasteiger partial charge on any atom is -0.349 e. The molecule has 1 heterocycles. The number of hydrogen-bond donors (Lipinski definition) is 0. The smallest absolute Gasteiger partial charge is 0.162 e. The van der Waals surface area contributed by atoms with Crippen molar-refractivity contribution < 1.29 is 14.3 Å². The Morgan fingerprint density at radius 1 is 1.18 bits per heavy atom. The molecule has 1 rings (SSSR count). The van der Waals surface area contributed by atoms with Gasteiger partial charge >= 0.3 is 0 Å². The van der Waals surface area contributed by atoms with Gasteiger partial charge in [0.1, 0.15) is 6.29 Å². The van der Waals surface area contributed by atoms with Gasteiger partial charge in [-0.3, -0.25) is 0 Å². The average molecular weight is 158 g/mol. The van der Waals surface area contributed by atoms with Crippen LogP contribution in [0.2, 0.25) is 0 Å². The third-order valence-corrected chi connectivity index (χ3v) is 1.78. The van der Waals surface area contributed by atoms with Gasteiger partial charge in [-0.05, 0) is 20.8 Å². The van der Waals surface area contributed by atoms with E-state index in [4.69, 9.17) is 9.47 Å². The van der Waals surface area contributed by atoms with Gasteiger partial charge in [0.05, 0.1) is 18.6 Å². The minimum absolute atomic E-state index is 0.448. The first kappa shape index (κ1) is 8.68. The Kier molecular flexibility index (Phi) is 2.03. The van der Waals surface area contributed by atoms with Crippen molar-refractivity contribution in [3.8, 4) is 0 Å². The molecule has 1 fully saturated rings. The molecule has 1 saturated heterocycles. The lowest BCUT2D eigenvalue weighted by Crippen LogP contribution is -2.45. The van der Waals surface area contributed by atoms with Gasteiger partial charge in [0.2, 0.25) is 0 Å². The summed E-state index contributed by atoms with van der Waals surface area (Å²) < 4.78 is 10.6. The average Bonchev–Trinajstić information content (AvgIpc) is 1.97. The minimum atomic E-state index is -0.525. The first-order valence-electron chi connectivity index (χ1n) is 3.72. The summed E-state index contributed by atoms with van der Waals surface area (Å²) in [6.07, 6.45) is 0.891. The predicted molar refractivity (Wildman–Crippen MR) is 40.2 cm³/mol. The molecule has 3 heteroatoms. The van der Waals surface area contributed by atoms with Crippen LogP contribution in [0.15, 0.2) is 0 Å². The normalized spacial score (nSPS) is 27.9. The van der Waals surface area contributed by atoms with E-state index < -0.39 is 11.2 Å². The second kappa shape index (κ2) is 2.57. The molecule has 0 aromatic carbocycles. The van der Waals surface area contributed by atoms with Crippen LogP contribution >= 0.6 is 0 Å². The summed E-state index contributed by atoms with van der Waals surface area (Å²) in [6, 6.07) is 0. The molecular weight excluding hydrogens is 144 g/mol. The zero-order valence-corrected chi connectivity index (χ0v) is 7.22. The van der Waals surface area contributed by atoms with E-state index in [-0.39, 0.29) is 0 Å². The largest absolute Gasteiger partial charge is 0.349 e. The molecule has 0 amide bonds. The highest BCUT2D eigenvalue weighted by Gasteiger charge is 2.36. The predicted octanol–water partition coefficient (Wildman–Crippen LogP) is 0.974. The molecule has 11 heavy (non-hydrogen) atoms. The van der Waals surface area contributed by atoms with Crippen molar-refractivity contribution in [2.45, 2.75) is 26.6 Å².